The monoisotopic (exact) mass is 429 g/mol. The number of aromatic nitrogens is 2. The van der Waals surface area contributed by atoms with E-state index in [2.05, 4.69) is 20.6 Å². The molecule has 0 saturated heterocycles. The number of carbonyl (C=O) groups is 1. The van der Waals surface area contributed by atoms with Crippen LogP contribution in [0, 0.1) is 0 Å². The van der Waals surface area contributed by atoms with Crippen LogP contribution >= 0.6 is 11.6 Å². The molecule has 160 valence electrons. The van der Waals surface area contributed by atoms with Gasteiger partial charge in [-0.2, -0.15) is 4.98 Å². The minimum absolute atomic E-state index is 0.155. The maximum absolute atomic E-state index is 12.4. The van der Waals surface area contributed by atoms with Crippen LogP contribution in [0.15, 0.2) is 18.3 Å². The number of hydrogen-bond donors (Lipinski definition) is 2. The third kappa shape index (κ3) is 4.17. The van der Waals surface area contributed by atoms with Crippen molar-refractivity contribution < 1.29 is 9.53 Å². The number of fused-ring (bicyclic) bond motifs is 1. The molecule has 2 aromatic rings. The molecule has 2 N–H and O–H groups in total. The van der Waals surface area contributed by atoms with E-state index in [0.29, 0.717) is 35.8 Å². The number of nitrogens with one attached hydrogen (secondary N) is 2. The van der Waals surface area contributed by atoms with Gasteiger partial charge in [-0.3, -0.25) is 4.79 Å². The Morgan fingerprint density at radius 1 is 1.23 bits per heavy atom. The number of methoxy groups -OCH3 is 1. The molecule has 4 rings (SSSR count). The Balaban J connectivity index is 1.63. The van der Waals surface area contributed by atoms with Crippen LogP contribution in [0.3, 0.4) is 0 Å². The fraction of sp³-hybridized carbons (Fsp3) is 0.500. The molecule has 0 radical (unpaired) electrons. The summed E-state index contributed by atoms with van der Waals surface area (Å²) in [6, 6.07) is 4.30. The Morgan fingerprint density at radius 2 is 2.03 bits per heavy atom. The molecule has 2 aliphatic rings. The summed E-state index contributed by atoms with van der Waals surface area (Å²) in [5.41, 5.74) is 2.73. The van der Waals surface area contributed by atoms with Crippen molar-refractivity contribution in [3.8, 4) is 5.75 Å². The second-order valence-electron chi connectivity index (χ2n) is 7.78. The molecule has 0 atom stereocenters. The molecule has 1 saturated carbocycles. The smallest absolute Gasteiger partial charge is 0.229 e. The lowest BCUT2D eigenvalue weighted by Crippen LogP contribution is -2.29. The van der Waals surface area contributed by atoms with Gasteiger partial charge in [0.05, 0.1) is 24.7 Å². The standard InChI is InChI=1S/C22H28ClN5O2/c1-3-28-18-12-11-17(20(30-2)15(18)9-6-10-19(28)29)26-22-24-13-16(23)21(27-22)25-14-7-4-5-8-14/h11-14H,3-10H2,1-2H3,(H2,24,25,26,27). The van der Waals surface area contributed by atoms with Crippen LogP contribution in [0.1, 0.15) is 51.0 Å². The molecular formula is C22H28ClN5O2. The zero-order valence-electron chi connectivity index (χ0n) is 17.5. The van der Waals surface area contributed by atoms with E-state index in [9.17, 15) is 4.79 Å². The number of ether oxygens (including phenoxy) is 1. The van der Waals surface area contributed by atoms with Gasteiger partial charge < -0.3 is 20.3 Å². The topological polar surface area (TPSA) is 79.4 Å². The Labute approximate surface area is 182 Å². The predicted molar refractivity (Wildman–Crippen MR) is 120 cm³/mol. The summed E-state index contributed by atoms with van der Waals surface area (Å²) in [7, 11) is 1.65. The predicted octanol–water partition coefficient (Wildman–Crippen LogP) is 4.93. The van der Waals surface area contributed by atoms with E-state index in [1.165, 1.54) is 12.8 Å². The summed E-state index contributed by atoms with van der Waals surface area (Å²) in [6.07, 6.45) is 8.47. The number of nitrogens with zero attached hydrogens (tertiary/aromatic N) is 3. The molecule has 1 aromatic heterocycles. The van der Waals surface area contributed by atoms with Crippen molar-refractivity contribution in [2.24, 2.45) is 0 Å². The molecule has 8 heteroatoms. The van der Waals surface area contributed by atoms with E-state index < -0.39 is 0 Å². The van der Waals surface area contributed by atoms with Gasteiger partial charge in [0.15, 0.2) is 5.82 Å². The van der Waals surface area contributed by atoms with Crippen molar-refractivity contribution in [1.82, 2.24) is 9.97 Å². The molecule has 1 amide bonds. The first-order chi connectivity index (χ1) is 14.6. The van der Waals surface area contributed by atoms with Gasteiger partial charge in [0.1, 0.15) is 10.8 Å². The average Bonchev–Trinajstić information content (AvgIpc) is 3.19. The second-order valence-corrected chi connectivity index (χ2v) is 8.18. The zero-order valence-corrected chi connectivity index (χ0v) is 18.3. The highest BCUT2D eigenvalue weighted by atomic mass is 35.5. The number of halogens is 1. The number of hydrogen-bond acceptors (Lipinski definition) is 6. The molecule has 30 heavy (non-hydrogen) atoms. The molecule has 2 heterocycles. The molecule has 0 bridgehead atoms. The van der Waals surface area contributed by atoms with E-state index >= 15 is 0 Å². The van der Waals surface area contributed by atoms with E-state index in [0.717, 1.165) is 48.4 Å². The lowest BCUT2D eigenvalue weighted by Gasteiger charge is -2.24. The Bertz CT molecular complexity index is 930. The summed E-state index contributed by atoms with van der Waals surface area (Å²) in [4.78, 5) is 23.2. The van der Waals surface area contributed by atoms with Crippen molar-refractivity contribution in [1.29, 1.82) is 0 Å². The van der Waals surface area contributed by atoms with Gasteiger partial charge in [-0.1, -0.05) is 24.4 Å². The summed E-state index contributed by atoms with van der Waals surface area (Å²) in [5.74, 6) is 1.99. The Hall–Kier alpha value is -2.54. The summed E-state index contributed by atoms with van der Waals surface area (Å²) in [5, 5.41) is 7.24. The molecule has 0 spiro atoms. The van der Waals surface area contributed by atoms with Gasteiger partial charge >= 0.3 is 0 Å². The highest BCUT2D eigenvalue weighted by molar-refractivity contribution is 6.32. The maximum atomic E-state index is 12.4. The SMILES string of the molecule is CCN1C(=O)CCCc2c1ccc(Nc1ncc(Cl)c(NC3CCCC3)n1)c2OC. The molecule has 7 nitrogen and oxygen atoms in total. The fourth-order valence-corrected chi connectivity index (χ4v) is 4.53. The van der Waals surface area contributed by atoms with Crippen LogP contribution in [0.25, 0.3) is 0 Å². The molecular weight excluding hydrogens is 402 g/mol. The van der Waals surface area contributed by atoms with Crippen LogP contribution in [0.2, 0.25) is 5.02 Å². The van der Waals surface area contributed by atoms with Crippen molar-refractivity contribution in [2.75, 3.05) is 29.2 Å². The van der Waals surface area contributed by atoms with E-state index in [4.69, 9.17) is 16.3 Å². The summed E-state index contributed by atoms with van der Waals surface area (Å²) < 4.78 is 5.76. The van der Waals surface area contributed by atoms with Gasteiger partial charge in [0, 0.05) is 24.6 Å². The lowest BCUT2D eigenvalue weighted by molar-refractivity contribution is -0.118. The lowest BCUT2D eigenvalue weighted by atomic mass is 10.0. The normalized spacial score (nSPS) is 16.9. The highest BCUT2D eigenvalue weighted by Crippen LogP contribution is 2.40. The number of benzene rings is 1. The zero-order chi connectivity index (χ0) is 21.1. The summed E-state index contributed by atoms with van der Waals surface area (Å²) in [6.45, 7) is 2.63. The highest BCUT2D eigenvalue weighted by Gasteiger charge is 2.25. The van der Waals surface area contributed by atoms with Crippen molar-refractivity contribution >= 4 is 40.6 Å². The quantitative estimate of drug-likeness (QED) is 0.678. The third-order valence-corrected chi connectivity index (χ3v) is 6.13. The number of rotatable bonds is 6. The number of amides is 1. The van der Waals surface area contributed by atoms with Gasteiger partial charge in [-0.05, 0) is 44.7 Å². The van der Waals surface area contributed by atoms with Crippen LogP contribution in [-0.2, 0) is 11.2 Å². The van der Waals surface area contributed by atoms with Crippen molar-refractivity contribution in [3.63, 3.8) is 0 Å². The average molecular weight is 430 g/mol. The van der Waals surface area contributed by atoms with Crippen LogP contribution in [-0.4, -0.2) is 35.6 Å². The van der Waals surface area contributed by atoms with Crippen LogP contribution in [0.4, 0.5) is 23.1 Å². The van der Waals surface area contributed by atoms with Gasteiger partial charge in [0.2, 0.25) is 11.9 Å². The summed E-state index contributed by atoms with van der Waals surface area (Å²) >= 11 is 6.32. The molecule has 0 unspecified atom stereocenters. The van der Waals surface area contributed by atoms with Gasteiger partial charge in [-0.25, -0.2) is 4.98 Å². The van der Waals surface area contributed by atoms with E-state index in [1.807, 2.05) is 24.0 Å². The van der Waals surface area contributed by atoms with Crippen LogP contribution < -0.4 is 20.3 Å². The van der Waals surface area contributed by atoms with Gasteiger partial charge in [0.25, 0.3) is 0 Å². The Kier molecular flexibility index (Phi) is 6.27. The number of carbonyl (C=O) groups excluding carboxylic acids is 1. The molecule has 1 fully saturated rings. The molecule has 1 aliphatic heterocycles. The van der Waals surface area contributed by atoms with Crippen LogP contribution in [0.5, 0.6) is 5.75 Å². The van der Waals surface area contributed by atoms with E-state index in [1.54, 1.807) is 13.3 Å². The minimum Gasteiger partial charge on any atom is -0.494 e. The third-order valence-electron chi connectivity index (χ3n) is 5.85. The minimum atomic E-state index is 0.155. The van der Waals surface area contributed by atoms with E-state index in [-0.39, 0.29) is 5.91 Å². The second kappa shape index (κ2) is 9.08. The van der Waals surface area contributed by atoms with Gasteiger partial charge in [-0.15, -0.1) is 0 Å². The first kappa shape index (κ1) is 20.7. The van der Waals surface area contributed by atoms with Crippen molar-refractivity contribution in [2.45, 2.75) is 57.9 Å². The van der Waals surface area contributed by atoms with Crippen molar-refractivity contribution in [3.05, 3.63) is 28.9 Å². The Morgan fingerprint density at radius 3 is 2.77 bits per heavy atom. The number of anilines is 4. The first-order valence-electron chi connectivity index (χ1n) is 10.7. The molecule has 1 aromatic carbocycles. The fourth-order valence-electron chi connectivity index (χ4n) is 4.39. The first-order valence-corrected chi connectivity index (χ1v) is 11.0. The maximum Gasteiger partial charge on any atom is 0.229 e. The largest absolute Gasteiger partial charge is 0.494 e. The molecule has 1 aliphatic carbocycles.